The molecule has 6 nitrogen and oxygen atoms in total. The van der Waals surface area contributed by atoms with Crippen LogP contribution < -0.4 is 0 Å². The minimum absolute atomic E-state index is 0.269. The van der Waals surface area contributed by atoms with E-state index >= 15 is 0 Å². The molecule has 0 radical (unpaired) electrons. The molecular formula is C22H36N6. The third-order valence-electron chi connectivity index (χ3n) is 6.58. The molecule has 3 aliphatic heterocycles. The van der Waals surface area contributed by atoms with Gasteiger partial charge in [0.25, 0.3) is 0 Å². The average molecular weight is 385 g/mol. The summed E-state index contributed by atoms with van der Waals surface area (Å²) in [7, 11) is 0. The lowest BCUT2D eigenvalue weighted by molar-refractivity contribution is 0.214. The normalized spacial score (nSPS) is 25.8. The lowest BCUT2D eigenvalue weighted by atomic mass is 10.1. The second kappa shape index (κ2) is 10.7. The first kappa shape index (κ1) is 21.0. The number of nitrogens with zero attached hydrogens (tertiary/aromatic N) is 6. The predicted molar refractivity (Wildman–Crippen MR) is 112 cm³/mol. The van der Waals surface area contributed by atoms with Gasteiger partial charge in [0.1, 0.15) is 5.82 Å². The van der Waals surface area contributed by atoms with E-state index in [0.29, 0.717) is 6.04 Å². The Labute approximate surface area is 171 Å². The molecule has 0 aliphatic carbocycles. The molecule has 1 unspecified atom stereocenters. The van der Waals surface area contributed by atoms with Gasteiger partial charge >= 0.3 is 5.70 Å². The molecule has 3 rings (SSSR count). The summed E-state index contributed by atoms with van der Waals surface area (Å²) in [6.07, 6.45) is 8.87. The van der Waals surface area contributed by atoms with Gasteiger partial charge in [-0.1, -0.05) is 6.42 Å². The molecule has 154 valence electrons. The maximum absolute atomic E-state index is 9.49. The largest absolute Gasteiger partial charge is 0.365 e. The number of allylic oxidation sites excluding steroid dienone is 1. The molecule has 3 fully saturated rings. The van der Waals surface area contributed by atoms with Crippen LogP contribution >= 0.6 is 0 Å². The Bertz CT molecular complexity index is 593. The minimum Gasteiger partial charge on any atom is -0.365 e. The zero-order chi connectivity index (χ0) is 19.8. The van der Waals surface area contributed by atoms with Gasteiger partial charge < -0.3 is 19.6 Å². The third-order valence-corrected chi connectivity index (χ3v) is 6.58. The number of hydrogen-bond donors (Lipinski definition) is 0. The molecule has 0 spiro atoms. The first-order valence-electron chi connectivity index (χ1n) is 11.2. The molecule has 1 atom stereocenters. The Morgan fingerprint density at radius 3 is 2.21 bits per heavy atom. The van der Waals surface area contributed by atoms with E-state index < -0.39 is 0 Å². The van der Waals surface area contributed by atoms with Crippen LogP contribution in [0.3, 0.4) is 0 Å². The summed E-state index contributed by atoms with van der Waals surface area (Å²) in [6.45, 7) is 19.5. The van der Waals surface area contributed by atoms with Crippen molar-refractivity contribution in [3.8, 4) is 6.07 Å². The molecule has 28 heavy (non-hydrogen) atoms. The summed E-state index contributed by atoms with van der Waals surface area (Å²) < 4.78 is 0. The quantitative estimate of drug-likeness (QED) is 0.475. The molecule has 0 amide bonds. The number of hydrogen-bond acceptors (Lipinski definition) is 5. The fourth-order valence-corrected chi connectivity index (χ4v) is 4.97. The van der Waals surface area contributed by atoms with Crippen molar-refractivity contribution in [1.29, 1.82) is 5.26 Å². The van der Waals surface area contributed by atoms with Gasteiger partial charge in [-0.2, -0.15) is 0 Å². The summed E-state index contributed by atoms with van der Waals surface area (Å²) in [5, 5.41) is 9.49. The highest BCUT2D eigenvalue weighted by Gasteiger charge is 2.28. The van der Waals surface area contributed by atoms with Crippen molar-refractivity contribution in [2.75, 3.05) is 58.9 Å². The van der Waals surface area contributed by atoms with Crippen LogP contribution in [0.15, 0.2) is 11.5 Å². The van der Waals surface area contributed by atoms with Crippen LogP contribution in [0.5, 0.6) is 0 Å². The molecule has 3 heterocycles. The Morgan fingerprint density at radius 1 is 0.964 bits per heavy atom. The smallest absolute Gasteiger partial charge is 0.300 e. The molecule has 0 aromatic carbocycles. The van der Waals surface area contributed by atoms with E-state index in [4.69, 9.17) is 6.57 Å². The highest BCUT2D eigenvalue weighted by atomic mass is 15.4. The molecule has 0 saturated carbocycles. The maximum Gasteiger partial charge on any atom is 0.300 e. The van der Waals surface area contributed by atoms with E-state index in [1.807, 2.05) is 0 Å². The van der Waals surface area contributed by atoms with Crippen LogP contribution in [0.4, 0.5) is 0 Å². The highest BCUT2D eigenvalue weighted by molar-refractivity contribution is 5.33. The van der Waals surface area contributed by atoms with E-state index in [1.165, 1.54) is 51.7 Å². The fraction of sp³-hybridized carbons (Fsp3) is 0.818. The Hall–Kier alpha value is -1.76. The Balaban J connectivity index is 1.51. The zero-order valence-electron chi connectivity index (χ0n) is 17.6. The first-order valence-corrected chi connectivity index (χ1v) is 11.2. The summed E-state index contributed by atoms with van der Waals surface area (Å²) in [6, 6.07) is 2.86. The van der Waals surface area contributed by atoms with Gasteiger partial charge in [-0.05, 0) is 71.6 Å². The van der Waals surface area contributed by atoms with Gasteiger partial charge in [0.15, 0.2) is 0 Å². The maximum atomic E-state index is 9.49. The monoisotopic (exact) mass is 384 g/mol. The summed E-state index contributed by atoms with van der Waals surface area (Å²) in [5.41, 5.74) is 0.269. The minimum atomic E-state index is 0.269. The van der Waals surface area contributed by atoms with Crippen molar-refractivity contribution in [2.24, 2.45) is 0 Å². The fourth-order valence-electron chi connectivity index (χ4n) is 4.97. The van der Waals surface area contributed by atoms with Crippen LogP contribution in [-0.2, 0) is 0 Å². The SMILES string of the molecule is [C-]#[N+]C(C#N)=C1N(CCCN2CCCCC2)CCN1CCCN1CCCC1C. The molecule has 3 saturated heterocycles. The third kappa shape index (κ3) is 5.40. The second-order valence-corrected chi connectivity index (χ2v) is 8.51. The van der Waals surface area contributed by atoms with Crippen molar-refractivity contribution in [1.82, 2.24) is 19.6 Å². The molecular weight excluding hydrogens is 348 g/mol. The van der Waals surface area contributed by atoms with E-state index in [-0.39, 0.29) is 5.70 Å². The lowest BCUT2D eigenvalue weighted by Crippen LogP contribution is -2.33. The Morgan fingerprint density at radius 2 is 1.64 bits per heavy atom. The summed E-state index contributed by atoms with van der Waals surface area (Å²) in [5.74, 6) is 0.894. The Kier molecular flexibility index (Phi) is 8.01. The predicted octanol–water partition coefficient (Wildman–Crippen LogP) is 2.97. The molecule has 3 aliphatic rings. The molecule has 0 bridgehead atoms. The topological polar surface area (TPSA) is 41.1 Å². The van der Waals surface area contributed by atoms with Crippen molar-refractivity contribution >= 4 is 0 Å². The number of likely N-dealkylation sites (tertiary alicyclic amines) is 2. The number of nitriles is 1. The van der Waals surface area contributed by atoms with Crippen LogP contribution in [0.25, 0.3) is 4.85 Å². The van der Waals surface area contributed by atoms with Gasteiger partial charge in [-0.3, -0.25) is 0 Å². The van der Waals surface area contributed by atoms with Crippen LogP contribution in [0.1, 0.15) is 51.9 Å². The van der Waals surface area contributed by atoms with Crippen molar-refractivity contribution < 1.29 is 0 Å². The van der Waals surface area contributed by atoms with Crippen molar-refractivity contribution in [3.63, 3.8) is 0 Å². The summed E-state index contributed by atoms with van der Waals surface area (Å²) >= 11 is 0. The van der Waals surface area contributed by atoms with E-state index in [2.05, 4.69) is 37.4 Å². The van der Waals surface area contributed by atoms with E-state index in [1.54, 1.807) is 0 Å². The standard InChI is InChI=1S/C22H36N6/c1-20-9-6-13-26(20)14-8-16-28-18-17-27(22(28)21(19-23)24-2)15-7-12-25-10-4-3-5-11-25/h20H,3-18H2,1H3. The highest BCUT2D eigenvalue weighted by Crippen LogP contribution is 2.24. The second-order valence-electron chi connectivity index (χ2n) is 8.51. The van der Waals surface area contributed by atoms with Gasteiger partial charge in [0.05, 0.1) is 12.6 Å². The average Bonchev–Trinajstić information content (AvgIpc) is 3.31. The van der Waals surface area contributed by atoms with Crippen molar-refractivity contribution in [2.45, 2.75) is 57.9 Å². The van der Waals surface area contributed by atoms with Gasteiger partial charge in [-0.15, -0.1) is 0 Å². The lowest BCUT2D eigenvalue weighted by Gasteiger charge is -2.29. The summed E-state index contributed by atoms with van der Waals surface area (Å²) in [4.78, 5) is 13.3. The van der Waals surface area contributed by atoms with E-state index in [0.717, 1.165) is 57.9 Å². The van der Waals surface area contributed by atoms with Gasteiger partial charge in [0.2, 0.25) is 0 Å². The first-order chi connectivity index (χ1) is 13.7. The van der Waals surface area contributed by atoms with Crippen LogP contribution in [0.2, 0.25) is 0 Å². The molecule has 0 aromatic heterocycles. The molecule has 0 aromatic rings. The van der Waals surface area contributed by atoms with Crippen LogP contribution in [0, 0.1) is 17.9 Å². The van der Waals surface area contributed by atoms with Gasteiger partial charge in [-0.25, -0.2) is 10.1 Å². The number of rotatable bonds is 8. The van der Waals surface area contributed by atoms with E-state index in [9.17, 15) is 5.26 Å². The van der Waals surface area contributed by atoms with Crippen molar-refractivity contribution in [3.05, 3.63) is 22.9 Å². The molecule has 0 N–H and O–H groups in total. The zero-order valence-corrected chi connectivity index (χ0v) is 17.6. The van der Waals surface area contributed by atoms with Gasteiger partial charge in [0, 0.05) is 38.8 Å². The number of piperidine rings is 1. The van der Waals surface area contributed by atoms with Crippen LogP contribution in [-0.4, -0.2) is 84.5 Å². The molecule has 6 heteroatoms.